The van der Waals surface area contributed by atoms with Crippen molar-refractivity contribution in [2.24, 2.45) is 0 Å². The number of halogens is 2. The van der Waals surface area contributed by atoms with Crippen molar-refractivity contribution in [1.29, 1.82) is 0 Å². The molecule has 0 amide bonds. The minimum absolute atomic E-state index is 0.0257. The van der Waals surface area contributed by atoms with Crippen LogP contribution in [0.25, 0.3) is 10.9 Å². The summed E-state index contributed by atoms with van der Waals surface area (Å²) in [6.45, 7) is -1.25. The molecule has 3 aromatic rings. The summed E-state index contributed by atoms with van der Waals surface area (Å²) in [6, 6.07) is 2.56. The predicted octanol–water partition coefficient (Wildman–Crippen LogP) is 2.42. The molecule has 2 aromatic heterocycles. The van der Waals surface area contributed by atoms with Crippen molar-refractivity contribution in [3.05, 3.63) is 45.8 Å². The molecule has 1 aromatic carbocycles. The molecule has 0 aliphatic rings. The lowest BCUT2D eigenvalue weighted by molar-refractivity contribution is -0.0511. The Hall–Kier alpha value is -2.97. The number of ether oxygens (including phenoxy) is 2. The largest absolute Gasteiger partial charge is 0.493 e. The Morgan fingerprint density at radius 1 is 1.33 bits per heavy atom. The second kappa shape index (κ2) is 6.26. The molecule has 0 radical (unpaired) electrons. The molecule has 0 aliphatic carbocycles. The minimum Gasteiger partial charge on any atom is -0.493 e. The van der Waals surface area contributed by atoms with Crippen molar-refractivity contribution in [3.8, 4) is 11.5 Å². The second-order valence-corrected chi connectivity index (χ2v) is 5.01. The lowest BCUT2D eigenvalue weighted by Crippen LogP contribution is -2.13. The summed E-state index contributed by atoms with van der Waals surface area (Å²) in [5.41, 5.74) is 1.24. The summed E-state index contributed by atoms with van der Waals surface area (Å²) in [7, 11) is 1.30. The van der Waals surface area contributed by atoms with E-state index in [-0.39, 0.29) is 28.8 Å². The number of nitrogens with one attached hydrogen (secondary N) is 1. The Morgan fingerprint density at radius 2 is 2.12 bits per heavy atom. The maximum Gasteiger partial charge on any atom is 0.387 e. The topological polar surface area (TPSA) is 90.2 Å². The molecule has 0 atom stereocenters. The highest BCUT2D eigenvalue weighted by atomic mass is 19.3. The van der Waals surface area contributed by atoms with E-state index < -0.39 is 12.2 Å². The Labute approximate surface area is 134 Å². The Morgan fingerprint density at radius 3 is 2.75 bits per heavy atom. The highest BCUT2D eigenvalue weighted by Crippen LogP contribution is 2.31. The van der Waals surface area contributed by atoms with Crippen LogP contribution in [-0.2, 0) is 6.42 Å². The van der Waals surface area contributed by atoms with E-state index in [1.807, 2.05) is 0 Å². The van der Waals surface area contributed by atoms with Gasteiger partial charge in [0.25, 0.3) is 5.56 Å². The number of methoxy groups -OCH3 is 1. The van der Waals surface area contributed by atoms with Crippen molar-refractivity contribution in [1.82, 2.24) is 15.1 Å². The van der Waals surface area contributed by atoms with Crippen molar-refractivity contribution >= 4 is 10.9 Å². The van der Waals surface area contributed by atoms with E-state index in [0.717, 1.165) is 5.56 Å². The summed E-state index contributed by atoms with van der Waals surface area (Å²) in [6.07, 6.45) is 1.75. The fourth-order valence-corrected chi connectivity index (χ4v) is 2.29. The van der Waals surface area contributed by atoms with E-state index in [2.05, 4.69) is 19.9 Å². The first kappa shape index (κ1) is 15.9. The van der Waals surface area contributed by atoms with Gasteiger partial charge in [0, 0.05) is 18.1 Å². The molecular formula is C15H13F2N3O4. The zero-order valence-electron chi connectivity index (χ0n) is 12.8. The predicted molar refractivity (Wildman–Crippen MR) is 79.6 cm³/mol. The van der Waals surface area contributed by atoms with Gasteiger partial charge in [-0.3, -0.25) is 4.79 Å². The monoisotopic (exact) mass is 337 g/mol. The van der Waals surface area contributed by atoms with Crippen LogP contribution in [0.5, 0.6) is 11.5 Å². The number of hydrogen-bond donors (Lipinski definition) is 1. The van der Waals surface area contributed by atoms with Gasteiger partial charge in [-0.15, -0.1) is 0 Å². The highest BCUT2D eigenvalue weighted by molar-refractivity contribution is 5.81. The van der Waals surface area contributed by atoms with E-state index >= 15 is 0 Å². The molecule has 7 nitrogen and oxygen atoms in total. The smallest absolute Gasteiger partial charge is 0.387 e. The van der Waals surface area contributed by atoms with Crippen molar-refractivity contribution in [2.75, 3.05) is 7.11 Å². The molecule has 3 rings (SSSR count). The summed E-state index contributed by atoms with van der Waals surface area (Å²) < 4.78 is 39.3. The van der Waals surface area contributed by atoms with Gasteiger partial charge in [-0.2, -0.15) is 8.78 Å². The molecule has 1 N–H and O–H groups in total. The number of aryl methyl sites for hydroxylation is 1. The van der Waals surface area contributed by atoms with Crippen molar-refractivity contribution in [3.63, 3.8) is 0 Å². The molecule has 2 heterocycles. The fourth-order valence-electron chi connectivity index (χ4n) is 2.29. The van der Waals surface area contributed by atoms with Crippen LogP contribution in [-0.4, -0.2) is 28.8 Å². The van der Waals surface area contributed by atoms with Gasteiger partial charge in [0.15, 0.2) is 11.5 Å². The molecule has 0 unspecified atom stereocenters. The average Bonchev–Trinajstić information content (AvgIpc) is 2.91. The number of nitrogens with zero attached hydrogens (tertiary/aromatic N) is 2. The van der Waals surface area contributed by atoms with Crippen LogP contribution < -0.4 is 15.0 Å². The van der Waals surface area contributed by atoms with Crippen LogP contribution >= 0.6 is 0 Å². The summed E-state index contributed by atoms with van der Waals surface area (Å²) in [4.78, 5) is 19.2. The molecule has 126 valence electrons. The number of aromatic nitrogens is 3. The molecule has 0 saturated heterocycles. The number of hydrogen-bond acceptors (Lipinski definition) is 6. The number of aromatic amines is 1. The molecule has 0 saturated carbocycles. The van der Waals surface area contributed by atoms with Gasteiger partial charge in [0.1, 0.15) is 12.1 Å². The quantitative estimate of drug-likeness (QED) is 0.769. The van der Waals surface area contributed by atoms with Gasteiger partial charge in [-0.05, 0) is 13.0 Å². The third-order valence-electron chi connectivity index (χ3n) is 3.46. The van der Waals surface area contributed by atoms with E-state index in [9.17, 15) is 13.6 Å². The molecule has 0 bridgehead atoms. The first-order valence-corrected chi connectivity index (χ1v) is 6.93. The zero-order valence-corrected chi connectivity index (χ0v) is 12.8. The summed E-state index contributed by atoms with van der Waals surface area (Å²) in [5, 5.41) is 3.96. The van der Waals surface area contributed by atoms with Crippen LogP contribution in [0.4, 0.5) is 8.78 Å². The number of benzene rings is 1. The van der Waals surface area contributed by atoms with Crippen LogP contribution in [0.1, 0.15) is 17.1 Å². The normalized spacial score (nSPS) is 11.2. The molecule has 0 spiro atoms. The Kier molecular flexibility index (Phi) is 4.15. The summed E-state index contributed by atoms with van der Waals surface area (Å²) in [5.74, 6) is 0.190. The third kappa shape index (κ3) is 3.05. The van der Waals surface area contributed by atoms with Crippen LogP contribution in [0.3, 0.4) is 0 Å². The first-order valence-electron chi connectivity index (χ1n) is 6.93. The van der Waals surface area contributed by atoms with Gasteiger partial charge in [0.05, 0.1) is 23.7 Å². The number of H-pyrrole nitrogens is 1. The Bertz CT molecular complexity index is 936. The average molecular weight is 337 g/mol. The number of fused-ring (bicyclic) bond motifs is 1. The standard InChI is InChI=1S/C15H13F2N3O4/c1-7-8(6-23-20-7)3-13-18-10-5-12(24-15(16)17)11(22-2)4-9(10)14(21)19-13/h4-6,15H,3H2,1-2H3,(H,18,19,21). The first-order chi connectivity index (χ1) is 11.5. The maximum atomic E-state index is 12.5. The molecular weight excluding hydrogens is 324 g/mol. The van der Waals surface area contributed by atoms with E-state index in [1.165, 1.54) is 25.5 Å². The van der Waals surface area contributed by atoms with Crippen molar-refractivity contribution in [2.45, 2.75) is 20.0 Å². The Balaban J connectivity index is 2.08. The number of alkyl halides is 2. The molecule has 0 aliphatic heterocycles. The van der Waals surface area contributed by atoms with Gasteiger partial charge in [0.2, 0.25) is 0 Å². The maximum absolute atomic E-state index is 12.5. The van der Waals surface area contributed by atoms with Crippen LogP contribution in [0, 0.1) is 6.92 Å². The van der Waals surface area contributed by atoms with Crippen LogP contribution in [0.15, 0.2) is 27.7 Å². The minimum atomic E-state index is -3.02. The number of rotatable bonds is 5. The highest BCUT2D eigenvalue weighted by Gasteiger charge is 2.15. The summed E-state index contributed by atoms with van der Waals surface area (Å²) >= 11 is 0. The van der Waals surface area contributed by atoms with Gasteiger partial charge in [-0.25, -0.2) is 4.98 Å². The molecule has 24 heavy (non-hydrogen) atoms. The van der Waals surface area contributed by atoms with Crippen LogP contribution in [0.2, 0.25) is 0 Å². The third-order valence-corrected chi connectivity index (χ3v) is 3.46. The van der Waals surface area contributed by atoms with Gasteiger partial charge >= 0.3 is 6.61 Å². The van der Waals surface area contributed by atoms with Gasteiger partial charge in [-0.1, -0.05) is 5.16 Å². The SMILES string of the molecule is COc1cc2c(=O)[nH]c(Cc3conc3C)nc2cc1OC(F)F. The van der Waals surface area contributed by atoms with E-state index in [1.54, 1.807) is 6.92 Å². The second-order valence-electron chi connectivity index (χ2n) is 5.01. The van der Waals surface area contributed by atoms with E-state index in [0.29, 0.717) is 11.5 Å². The van der Waals surface area contributed by atoms with Gasteiger partial charge < -0.3 is 19.0 Å². The molecule has 0 fully saturated rings. The van der Waals surface area contributed by atoms with E-state index in [4.69, 9.17) is 9.26 Å². The van der Waals surface area contributed by atoms with Crippen molar-refractivity contribution < 1.29 is 22.8 Å². The molecule has 9 heteroatoms. The fraction of sp³-hybridized carbons (Fsp3) is 0.267. The zero-order chi connectivity index (χ0) is 17.3. The lowest BCUT2D eigenvalue weighted by Gasteiger charge is -2.11. The lowest BCUT2D eigenvalue weighted by atomic mass is 10.1.